The zero-order chi connectivity index (χ0) is 9.80. The smallest absolute Gasteiger partial charge is 0.0478 e. The number of likely N-dealkylation sites (tertiary alicyclic amines) is 1. The van der Waals surface area contributed by atoms with Crippen molar-refractivity contribution >= 4 is 0 Å². The number of ether oxygens (including phenoxy) is 1. The minimum absolute atomic E-state index is 0.794. The zero-order valence-corrected chi connectivity index (χ0v) is 9.17. The molecule has 0 amide bonds. The highest BCUT2D eigenvalue weighted by Gasteiger charge is 2.35. The Kier molecular flexibility index (Phi) is 3.79. The third-order valence-corrected chi connectivity index (χ3v) is 3.41. The highest BCUT2D eigenvalue weighted by molar-refractivity contribution is 4.93. The lowest BCUT2D eigenvalue weighted by Gasteiger charge is -2.16. The van der Waals surface area contributed by atoms with E-state index in [0.717, 1.165) is 25.2 Å². The van der Waals surface area contributed by atoms with Gasteiger partial charge in [0.15, 0.2) is 0 Å². The molecular weight excluding hydrogens is 176 g/mol. The van der Waals surface area contributed by atoms with Crippen LogP contribution in [0.4, 0.5) is 0 Å². The van der Waals surface area contributed by atoms with Gasteiger partial charge in [0.05, 0.1) is 0 Å². The SMILES string of the molecule is CCOCCCN1C[C@@H]2CCN[C@@H]2C1. The maximum Gasteiger partial charge on any atom is 0.0478 e. The number of hydrogen-bond acceptors (Lipinski definition) is 3. The number of nitrogens with one attached hydrogen (secondary N) is 1. The van der Waals surface area contributed by atoms with E-state index in [0.29, 0.717) is 0 Å². The molecule has 3 heteroatoms. The third-order valence-electron chi connectivity index (χ3n) is 3.41. The van der Waals surface area contributed by atoms with E-state index >= 15 is 0 Å². The van der Waals surface area contributed by atoms with Crippen LogP contribution in [0.1, 0.15) is 19.8 Å². The lowest BCUT2D eigenvalue weighted by atomic mass is 10.1. The Morgan fingerprint density at radius 3 is 3.14 bits per heavy atom. The summed E-state index contributed by atoms with van der Waals surface area (Å²) in [5.74, 6) is 0.932. The van der Waals surface area contributed by atoms with Crippen molar-refractivity contribution in [1.82, 2.24) is 10.2 Å². The van der Waals surface area contributed by atoms with Crippen LogP contribution in [-0.4, -0.2) is 50.3 Å². The van der Waals surface area contributed by atoms with Gasteiger partial charge in [-0.2, -0.15) is 0 Å². The Labute approximate surface area is 86.8 Å². The molecule has 2 heterocycles. The minimum Gasteiger partial charge on any atom is -0.382 e. The molecule has 2 saturated heterocycles. The molecule has 0 aromatic heterocycles. The van der Waals surface area contributed by atoms with Crippen LogP contribution in [0.3, 0.4) is 0 Å². The van der Waals surface area contributed by atoms with Crippen LogP contribution in [0.2, 0.25) is 0 Å². The van der Waals surface area contributed by atoms with Gasteiger partial charge in [0.25, 0.3) is 0 Å². The first-order valence-electron chi connectivity index (χ1n) is 5.93. The molecule has 2 aliphatic heterocycles. The number of fused-ring (bicyclic) bond motifs is 1. The molecule has 2 atom stereocenters. The van der Waals surface area contributed by atoms with E-state index < -0.39 is 0 Å². The summed E-state index contributed by atoms with van der Waals surface area (Å²) < 4.78 is 5.35. The Morgan fingerprint density at radius 2 is 2.36 bits per heavy atom. The first kappa shape index (κ1) is 10.4. The van der Waals surface area contributed by atoms with Crippen molar-refractivity contribution in [3.8, 4) is 0 Å². The van der Waals surface area contributed by atoms with Gasteiger partial charge in [-0.05, 0) is 32.2 Å². The van der Waals surface area contributed by atoms with Gasteiger partial charge in [-0.1, -0.05) is 0 Å². The third kappa shape index (κ3) is 2.47. The molecule has 2 fully saturated rings. The standard InChI is InChI=1S/C11H22N2O/c1-2-14-7-3-6-13-8-10-4-5-12-11(10)9-13/h10-12H,2-9H2,1H3/t10-,11+/m0/s1. The van der Waals surface area contributed by atoms with Crippen molar-refractivity contribution in [2.24, 2.45) is 5.92 Å². The van der Waals surface area contributed by atoms with Gasteiger partial charge in [-0.15, -0.1) is 0 Å². The molecule has 1 N–H and O–H groups in total. The topological polar surface area (TPSA) is 24.5 Å². The largest absolute Gasteiger partial charge is 0.382 e. The van der Waals surface area contributed by atoms with Crippen LogP contribution in [-0.2, 0) is 4.74 Å². The molecule has 0 aliphatic carbocycles. The summed E-state index contributed by atoms with van der Waals surface area (Å²) in [5, 5.41) is 3.58. The number of rotatable bonds is 5. The molecule has 0 aromatic carbocycles. The van der Waals surface area contributed by atoms with Gasteiger partial charge < -0.3 is 15.0 Å². The van der Waals surface area contributed by atoms with Crippen LogP contribution in [0.25, 0.3) is 0 Å². The Bertz CT molecular complexity index is 163. The summed E-state index contributed by atoms with van der Waals surface area (Å²) >= 11 is 0. The lowest BCUT2D eigenvalue weighted by Crippen LogP contribution is -2.30. The van der Waals surface area contributed by atoms with Crippen LogP contribution in [0.15, 0.2) is 0 Å². The van der Waals surface area contributed by atoms with Crippen LogP contribution in [0.5, 0.6) is 0 Å². The quantitative estimate of drug-likeness (QED) is 0.658. The van der Waals surface area contributed by atoms with E-state index in [1.165, 1.54) is 39.0 Å². The Balaban J connectivity index is 1.60. The van der Waals surface area contributed by atoms with E-state index in [9.17, 15) is 0 Å². The summed E-state index contributed by atoms with van der Waals surface area (Å²) in [4.78, 5) is 2.58. The van der Waals surface area contributed by atoms with Gasteiger partial charge >= 0.3 is 0 Å². The van der Waals surface area contributed by atoms with Crippen molar-refractivity contribution in [3.63, 3.8) is 0 Å². The zero-order valence-electron chi connectivity index (χ0n) is 9.17. The van der Waals surface area contributed by atoms with Crippen LogP contribution >= 0.6 is 0 Å². The summed E-state index contributed by atoms with van der Waals surface area (Å²) in [6.07, 6.45) is 2.57. The van der Waals surface area contributed by atoms with Gasteiger partial charge in [0.1, 0.15) is 0 Å². The Morgan fingerprint density at radius 1 is 1.43 bits per heavy atom. The maximum atomic E-state index is 5.35. The predicted molar refractivity (Wildman–Crippen MR) is 57.4 cm³/mol. The molecule has 0 unspecified atom stereocenters. The molecular formula is C11H22N2O. The van der Waals surface area contributed by atoms with E-state index in [-0.39, 0.29) is 0 Å². The Hall–Kier alpha value is -0.120. The lowest BCUT2D eigenvalue weighted by molar-refractivity contribution is 0.134. The fraction of sp³-hybridized carbons (Fsp3) is 1.00. The monoisotopic (exact) mass is 198 g/mol. The van der Waals surface area contributed by atoms with Crippen LogP contribution in [0, 0.1) is 5.92 Å². The molecule has 2 aliphatic rings. The van der Waals surface area contributed by atoms with Gasteiger partial charge in [-0.25, -0.2) is 0 Å². The molecule has 0 aromatic rings. The van der Waals surface area contributed by atoms with E-state index in [1.807, 2.05) is 0 Å². The highest BCUT2D eigenvalue weighted by atomic mass is 16.5. The van der Waals surface area contributed by atoms with E-state index in [1.54, 1.807) is 0 Å². The first-order chi connectivity index (χ1) is 6.90. The molecule has 14 heavy (non-hydrogen) atoms. The van der Waals surface area contributed by atoms with Crippen molar-refractivity contribution in [2.45, 2.75) is 25.8 Å². The van der Waals surface area contributed by atoms with E-state index in [2.05, 4.69) is 17.1 Å². The molecule has 2 rings (SSSR count). The molecule has 3 nitrogen and oxygen atoms in total. The molecule has 82 valence electrons. The summed E-state index contributed by atoms with van der Waals surface area (Å²) in [6, 6.07) is 0.794. The molecule has 0 saturated carbocycles. The fourth-order valence-corrected chi connectivity index (χ4v) is 2.66. The minimum atomic E-state index is 0.794. The van der Waals surface area contributed by atoms with Crippen molar-refractivity contribution in [1.29, 1.82) is 0 Å². The summed E-state index contributed by atoms with van der Waals surface area (Å²) in [5.41, 5.74) is 0. The van der Waals surface area contributed by atoms with Crippen LogP contribution < -0.4 is 5.32 Å². The predicted octanol–water partition coefficient (Wildman–Crippen LogP) is 0.707. The maximum absolute atomic E-state index is 5.35. The second-order valence-corrected chi connectivity index (χ2v) is 4.42. The van der Waals surface area contributed by atoms with Crippen molar-refractivity contribution in [3.05, 3.63) is 0 Å². The number of hydrogen-bond donors (Lipinski definition) is 1. The fourth-order valence-electron chi connectivity index (χ4n) is 2.66. The molecule has 0 bridgehead atoms. The first-order valence-corrected chi connectivity index (χ1v) is 5.93. The van der Waals surface area contributed by atoms with Gasteiger partial charge in [0, 0.05) is 38.9 Å². The summed E-state index contributed by atoms with van der Waals surface area (Å²) in [7, 11) is 0. The summed E-state index contributed by atoms with van der Waals surface area (Å²) in [6.45, 7) is 8.87. The highest BCUT2D eigenvalue weighted by Crippen LogP contribution is 2.24. The van der Waals surface area contributed by atoms with Crippen molar-refractivity contribution in [2.75, 3.05) is 39.4 Å². The normalized spacial score (nSPS) is 32.4. The second kappa shape index (κ2) is 5.10. The second-order valence-electron chi connectivity index (χ2n) is 4.42. The van der Waals surface area contributed by atoms with Gasteiger partial charge in [-0.3, -0.25) is 0 Å². The average Bonchev–Trinajstić information content (AvgIpc) is 2.72. The van der Waals surface area contributed by atoms with Crippen molar-refractivity contribution < 1.29 is 4.74 Å². The van der Waals surface area contributed by atoms with Gasteiger partial charge in [0.2, 0.25) is 0 Å². The average molecular weight is 198 g/mol. The molecule has 0 radical (unpaired) electrons. The van der Waals surface area contributed by atoms with E-state index in [4.69, 9.17) is 4.74 Å². The molecule has 0 spiro atoms. The number of nitrogens with zero attached hydrogens (tertiary/aromatic N) is 1.